The monoisotopic (exact) mass is 277 g/mol. The molecule has 0 spiro atoms. The molecule has 1 saturated heterocycles. The molecule has 1 aromatic carbocycles. The molecule has 0 atom stereocenters. The summed E-state index contributed by atoms with van der Waals surface area (Å²) in [5.74, 6) is 0.518. The van der Waals surface area contributed by atoms with Gasteiger partial charge in [-0.25, -0.2) is 4.79 Å². The number of hydrogen-bond donors (Lipinski definition) is 1. The molecule has 0 radical (unpaired) electrons. The van der Waals surface area contributed by atoms with Crippen LogP contribution in [0.15, 0.2) is 24.3 Å². The van der Waals surface area contributed by atoms with Crippen molar-refractivity contribution in [1.82, 2.24) is 4.90 Å². The number of carbonyl (C=O) groups excluding carboxylic acids is 1. The molecule has 110 valence electrons. The molecule has 1 aliphatic heterocycles. The molecule has 0 saturated carbocycles. The van der Waals surface area contributed by atoms with Crippen molar-refractivity contribution < 1.29 is 9.53 Å². The Morgan fingerprint density at radius 2 is 2.05 bits per heavy atom. The predicted molar refractivity (Wildman–Crippen MR) is 80.8 cm³/mol. The van der Waals surface area contributed by atoms with Crippen LogP contribution in [0.4, 0.5) is 16.2 Å². The van der Waals surface area contributed by atoms with E-state index in [1.807, 2.05) is 29.2 Å². The molecule has 1 aliphatic rings. The lowest BCUT2D eigenvalue weighted by molar-refractivity contribution is 0.0959. The van der Waals surface area contributed by atoms with E-state index in [1.165, 1.54) is 0 Å². The fourth-order valence-electron chi connectivity index (χ4n) is 2.24. The van der Waals surface area contributed by atoms with Gasteiger partial charge in [0.1, 0.15) is 0 Å². The third-order valence-corrected chi connectivity index (χ3v) is 3.28. The van der Waals surface area contributed by atoms with Crippen LogP contribution in [0.1, 0.15) is 13.8 Å². The number of urea groups is 1. The lowest BCUT2D eigenvalue weighted by Crippen LogP contribution is -2.34. The number of carbonyl (C=O) groups is 1. The lowest BCUT2D eigenvalue weighted by Gasteiger charge is -2.20. The van der Waals surface area contributed by atoms with Gasteiger partial charge in [-0.15, -0.1) is 0 Å². The zero-order chi connectivity index (χ0) is 14.5. The maximum absolute atomic E-state index is 12.3. The molecule has 1 fully saturated rings. The van der Waals surface area contributed by atoms with Gasteiger partial charge in [-0.3, -0.25) is 4.90 Å². The van der Waals surface area contributed by atoms with Crippen molar-refractivity contribution in [2.24, 2.45) is 5.92 Å². The molecule has 0 bridgehead atoms. The molecule has 20 heavy (non-hydrogen) atoms. The minimum atomic E-state index is 0.0102. The number of rotatable bonds is 6. The number of ether oxygens (including phenoxy) is 1. The van der Waals surface area contributed by atoms with Crippen LogP contribution in [0.5, 0.6) is 0 Å². The highest BCUT2D eigenvalue weighted by Gasteiger charge is 2.29. The fourth-order valence-corrected chi connectivity index (χ4v) is 2.24. The highest BCUT2D eigenvalue weighted by molar-refractivity contribution is 5.97. The van der Waals surface area contributed by atoms with Gasteiger partial charge in [-0.1, -0.05) is 26.0 Å². The van der Waals surface area contributed by atoms with Gasteiger partial charge in [-0.05, 0) is 18.1 Å². The van der Waals surface area contributed by atoms with E-state index in [1.54, 1.807) is 4.90 Å². The second-order valence-corrected chi connectivity index (χ2v) is 5.45. The van der Waals surface area contributed by atoms with Crippen LogP contribution in [0.3, 0.4) is 0 Å². The van der Waals surface area contributed by atoms with Gasteiger partial charge in [0.2, 0.25) is 0 Å². The second-order valence-electron chi connectivity index (χ2n) is 5.45. The second kappa shape index (κ2) is 6.61. The summed E-state index contributed by atoms with van der Waals surface area (Å²) in [6.07, 6.45) is 0. The van der Waals surface area contributed by atoms with Crippen LogP contribution < -0.4 is 10.6 Å². The predicted octanol–water partition coefficient (Wildman–Crippen LogP) is 2.18. The van der Waals surface area contributed by atoms with E-state index < -0.39 is 0 Å². The first-order valence-corrected chi connectivity index (χ1v) is 7.08. The molecule has 0 aromatic heterocycles. The Labute approximate surface area is 120 Å². The number of hydrogen-bond acceptors (Lipinski definition) is 3. The van der Waals surface area contributed by atoms with Gasteiger partial charge in [0.25, 0.3) is 0 Å². The number of nitrogens with zero attached hydrogens (tertiary/aromatic N) is 2. The maximum atomic E-state index is 12.3. The Kier molecular flexibility index (Phi) is 4.84. The quantitative estimate of drug-likeness (QED) is 0.640. The SMILES string of the molecule is CC(C)COCCN1CCN(c2ccccc2N)C1=O. The van der Waals surface area contributed by atoms with Gasteiger partial charge in [-0.2, -0.15) is 0 Å². The molecule has 1 aromatic rings. The normalized spacial score (nSPS) is 15.4. The number of benzene rings is 1. The summed E-state index contributed by atoms with van der Waals surface area (Å²) in [5, 5.41) is 0. The molecule has 5 nitrogen and oxygen atoms in total. The Balaban J connectivity index is 1.88. The van der Waals surface area contributed by atoms with Crippen LogP contribution in [0, 0.1) is 5.92 Å². The standard InChI is InChI=1S/C15H23N3O2/c1-12(2)11-20-10-9-17-7-8-18(15(17)19)14-6-4-3-5-13(14)16/h3-6,12H,7-11,16H2,1-2H3. The highest BCUT2D eigenvalue weighted by Crippen LogP contribution is 2.26. The van der Waals surface area contributed by atoms with Crippen molar-refractivity contribution in [2.75, 3.05) is 43.5 Å². The first-order valence-electron chi connectivity index (χ1n) is 7.08. The van der Waals surface area contributed by atoms with Crippen LogP contribution >= 0.6 is 0 Å². The summed E-state index contributed by atoms with van der Waals surface area (Å²) < 4.78 is 5.53. The van der Waals surface area contributed by atoms with E-state index in [0.29, 0.717) is 31.3 Å². The van der Waals surface area contributed by atoms with E-state index in [2.05, 4.69) is 13.8 Å². The highest BCUT2D eigenvalue weighted by atomic mass is 16.5. The zero-order valence-electron chi connectivity index (χ0n) is 12.2. The van der Waals surface area contributed by atoms with Gasteiger partial charge in [0.15, 0.2) is 0 Å². The topological polar surface area (TPSA) is 58.8 Å². The van der Waals surface area contributed by atoms with Crippen molar-refractivity contribution in [3.05, 3.63) is 24.3 Å². The Hall–Kier alpha value is -1.75. The smallest absolute Gasteiger partial charge is 0.324 e. The molecule has 2 N–H and O–H groups in total. The van der Waals surface area contributed by atoms with Crippen molar-refractivity contribution in [1.29, 1.82) is 0 Å². The average Bonchev–Trinajstić information content (AvgIpc) is 2.77. The number of para-hydroxylation sites is 2. The third kappa shape index (κ3) is 3.42. The fraction of sp³-hybridized carbons (Fsp3) is 0.533. The summed E-state index contributed by atoms with van der Waals surface area (Å²) in [5.41, 5.74) is 7.36. The number of anilines is 2. The summed E-state index contributed by atoms with van der Waals surface area (Å²) in [4.78, 5) is 15.9. The Morgan fingerprint density at radius 1 is 1.30 bits per heavy atom. The molecule has 1 heterocycles. The van der Waals surface area contributed by atoms with E-state index in [4.69, 9.17) is 10.5 Å². The van der Waals surface area contributed by atoms with Gasteiger partial charge >= 0.3 is 6.03 Å². The molecule has 2 rings (SSSR count). The van der Waals surface area contributed by atoms with Crippen molar-refractivity contribution in [3.63, 3.8) is 0 Å². The maximum Gasteiger partial charge on any atom is 0.324 e. The molecule has 0 unspecified atom stereocenters. The molecule has 5 heteroatoms. The summed E-state index contributed by atoms with van der Waals surface area (Å²) >= 11 is 0. The number of nitrogen functional groups attached to an aromatic ring is 1. The van der Waals surface area contributed by atoms with Gasteiger partial charge in [0.05, 0.1) is 18.0 Å². The van der Waals surface area contributed by atoms with E-state index in [9.17, 15) is 4.79 Å². The Morgan fingerprint density at radius 3 is 2.75 bits per heavy atom. The number of nitrogens with two attached hydrogens (primary N) is 1. The minimum Gasteiger partial charge on any atom is -0.397 e. The largest absolute Gasteiger partial charge is 0.397 e. The summed E-state index contributed by atoms with van der Waals surface area (Å²) in [6, 6.07) is 7.48. The molecular weight excluding hydrogens is 254 g/mol. The van der Waals surface area contributed by atoms with Gasteiger partial charge < -0.3 is 15.4 Å². The summed E-state index contributed by atoms with van der Waals surface area (Å²) in [6.45, 7) is 7.57. The third-order valence-electron chi connectivity index (χ3n) is 3.28. The van der Waals surface area contributed by atoms with Gasteiger partial charge in [0, 0.05) is 26.2 Å². The molecule has 2 amide bonds. The summed E-state index contributed by atoms with van der Waals surface area (Å²) in [7, 11) is 0. The van der Waals surface area contributed by atoms with Crippen LogP contribution in [-0.2, 0) is 4.74 Å². The first kappa shape index (κ1) is 14.7. The molecule has 0 aliphatic carbocycles. The average molecular weight is 277 g/mol. The van der Waals surface area contributed by atoms with Crippen molar-refractivity contribution in [3.8, 4) is 0 Å². The first-order chi connectivity index (χ1) is 9.59. The van der Waals surface area contributed by atoms with Crippen molar-refractivity contribution >= 4 is 17.4 Å². The van der Waals surface area contributed by atoms with Crippen molar-refractivity contribution in [2.45, 2.75) is 13.8 Å². The number of amides is 2. The van der Waals surface area contributed by atoms with Crippen LogP contribution in [-0.4, -0.2) is 43.8 Å². The van der Waals surface area contributed by atoms with E-state index >= 15 is 0 Å². The minimum absolute atomic E-state index is 0.0102. The zero-order valence-corrected chi connectivity index (χ0v) is 12.2. The van der Waals surface area contributed by atoms with E-state index in [-0.39, 0.29) is 6.03 Å². The van der Waals surface area contributed by atoms with Crippen LogP contribution in [0.2, 0.25) is 0 Å². The lowest BCUT2D eigenvalue weighted by atomic mass is 10.2. The van der Waals surface area contributed by atoms with Crippen LogP contribution in [0.25, 0.3) is 0 Å². The Bertz CT molecular complexity index is 462. The van der Waals surface area contributed by atoms with E-state index in [0.717, 1.165) is 18.8 Å². The molecular formula is C15H23N3O2.